The zero-order valence-corrected chi connectivity index (χ0v) is 11.2. The molecular formula is C16H19NO2. The predicted molar refractivity (Wildman–Crippen MR) is 72.7 cm³/mol. The molecule has 3 aliphatic rings. The number of piperidine rings is 1. The molecular weight excluding hydrogens is 238 g/mol. The fourth-order valence-corrected chi connectivity index (χ4v) is 3.81. The Morgan fingerprint density at radius 1 is 1.16 bits per heavy atom. The SMILES string of the molecule is O=C1CCc2ccc(O[C@]34CCCN(CC3)C4)cc21. The first-order valence-corrected chi connectivity index (χ1v) is 7.32. The van der Waals surface area contributed by atoms with E-state index in [1.165, 1.54) is 18.5 Å². The lowest BCUT2D eigenvalue weighted by molar-refractivity contribution is 0.0452. The van der Waals surface area contributed by atoms with E-state index in [1.807, 2.05) is 12.1 Å². The number of carbonyl (C=O) groups excluding carboxylic acids is 1. The summed E-state index contributed by atoms with van der Waals surface area (Å²) in [6, 6.07) is 6.09. The van der Waals surface area contributed by atoms with Crippen molar-refractivity contribution in [2.75, 3.05) is 19.6 Å². The maximum atomic E-state index is 11.8. The summed E-state index contributed by atoms with van der Waals surface area (Å²) in [5.41, 5.74) is 2.08. The molecule has 2 heterocycles. The van der Waals surface area contributed by atoms with Crippen molar-refractivity contribution in [1.82, 2.24) is 4.90 Å². The van der Waals surface area contributed by atoms with Gasteiger partial charge in [-0.3, -0.25) is 9.69 Å². The molecule has 2 saturated heterocycles. The number of rotatable bonds is 2. The van der Waals surface area contributed by atoms with E-state index in [-0.39, 0.29) is 11.4 Å². The van der Waals surface area contributed by atoms with E-state index in [4.69, 9.17) is 4.74 Å². The first-order chi connectivity index (χ1) is 9.24. The highest BCUT2D eigenvalue weighted by Crippen LogP contribution is 2.36. The average molecular weight is 257 g/mol. The molecule has 0 saturated carbocycles. The van der Waals surface area contributed by atoms with Crippen LogP contribution in [0.25, 0.3) is 0 Å². The van der Waals surface area contributed by atoms with Crippen LogP contribution in [-0.2, 0) is 6.42 Å². The Morgan fingerprint density at radius 3 is 3.05 bits per heavy atom. The zero-order chi connectivity index (χ0) is 12.9. The highest BCUT2D eigenvalue weighted by molar-refractivity contribution is 6.00. The van der Waals surface area contributed by atoms with Gasteiger partial charge in [-0.05, 0) is 43.5 Å². The van der Waals surface area contributed by atoms with Crippen LogP contribution in [0, 0.1) is 0 Å². The van der Waals surface area contributed by atoms with Crippen molar-refractivity contribution in [3.8, 4) is 5.75 Å². The van der Waals surface area contributed by atoms with Gasteiger partial charge in [-0.25, -0.2) is 0 Å². The van der Waals surface area contributed by atoms with Gasteiger partial charge in [-0.2, -0.15) is 0 Å². The molecule has 0 amide bonds. The Hall–Kier alpha value is -1.35. The molecule has 2 atom stereocenters. The summed E-state index contributed by atoms with van der Waals surface area (Å²) in [6.45, 7) is 3.43. The lowest BCUT2D eigenvalue weighted by Crippen LogP contribution is -2.43. The molecule has 1 aromatic rings. The number of ketones is 1. The highest BCUT2D eigenvalue weighted by atomic mass is 16.5. The highest BCUT2D eigenvalue weighted by Gasteiger charge is 2.43. The van der Waals surface area contributed by atoms with Crippen LogP contribution in [-0.4, -0.2) is 35.9 Å². The maximum absolute atomic E-state index is 11.8. The molecule has 0 aromatic heterocycles. The van der Waals surface area contributed by atoms with Crippen LogP contribution in [0.2, 0.25) is 0 Å². The van der Waals surface area contributed by atoms with Crippen molar-refractivity contribution in [1.29, 1.82) is 0 Å². The molecule has 2 bridgehead atoms. The van der Waals surface area contributed by atoms with Gasteiger partial charge in [0.2, 0.25) is 0 Å². The molecule has 0 spiro atoms. The van der Waals surface area contributed by atoms with Crippen LogP contribution in [0.15, 0.2) is 18.2 Å². The summed E-state index contributed by atoms with van der Waals surface area (Å²) in [5, 5.41) is 0. The number of nitrogens with zero attached hydrogens (tertiary/aromatic N) is 1. The molecule has 3 nitrogen and oxygen atoms in total. The lowest BCUT2D eigenvalue weighted by atomic mass is 9.94. The molecule has 3 heteroatoms. The van der Waals surface area contributed by atoms with Gasteiger partial charge in [0.15, 0.2) is 5.78 Å². The second-order valence-electron chi connectivity index (χ2n) is 6.16. The molecule has 19 heavy (non-hydrogen) atoms. The molecule has 0 N–H and O–H groups in total. The largest absolute Gasteiger partial charge is 0.486 e. The number of benzene rings is 1. The third kappa shape index (κ3) is 1.88. The number of hydrogen-bond acceptors (Lipinski definition) is 3. The normalized spacial score (nSPS) is 32.4. The minimum atomic E-state index is 0.00807. The minimum Gasteiger partial charge on any atom is -0.486 e. The zero-order valence-electron chi connectivity index (χ0n) is 11.2. The molecule has 1 aromatic carbocycles. The van der Waals surface area contributed by atoms with Gasteiger partial charge in [0.25, 0.3) is 0 Å². The minimum absolute atomic E-state index is 0.00807. The molecule has 1 aliphatic carbocycles. The smallest absolute Gasteiger partial charge is 0.163 e. The first kappa shape index (κ1) is 11.5. The average Bonchev–Trinajstić information content (AvgIpc) is 2.91. The van der Waals surface area contributed by atoms with Gasteiger partial charge >= 0.3 is 0 Å². The number of aryl methyl sites for hydroxylation is 1. The van der Waals surface area contributed by atoms with Crippen molar-refractivity contribution in [3.63, 3.8) is 0 Å². The predicted octanol–water partition coefficient (Wildman–Crippen LogP) is 2.43. The van der Waals surface area contributed by atoms with E-state index in [9.17, 15) is 4.79 Å². The van der Waals surface area contributed by atoms with E-state index >= 15 is 0 Å². The Balaban J connectivity index is 1.60. The summed E-state index contributed by atoms with van der Waals surface area (Å²) in [4.78, 5) is 14.3. The second kappa shape index (κ2) is 4.07. The maximum Gasteiger partial charge on any atom is 0.163 e. The standard InChI is InChI=1S/C16H19NO2/c18-15-5-3-12-2-4-13(10-14(12)15)19-16-6-1-8-17(11-16)9-7-16/h2,4,10H,1,3,5-9,11H2/t16-/m1/s1. The fourth-order valence-electron chi connectivity index (χ4n) is 3.81. The van der Waals surface area contributed by atoms with Gasteiger partial charge in [0.05, 0.1) is 0 Å². The molecule has 4 rings (SSSR count). The van der Waals surface area contributed by atoms with Crippen molar-refractivity contribution < 1.29 is 9.53 Å². The quantitative estimate of drug-likeness (QED) is 0.815. The van der Waals surface area contributed by atoms with E-state index in [0.29, 0.717) is 6.42 Å². The van der Waals surface area contributed by atoms with Crippen LogP contribution < -0.4 is 4.74 Å². The topological polar surface area (TPSA) is 29.5 Å². The summed E-state index contributed by atoms with van der Waals surface area (Å²) < 4.78 is 6.31. The monoisotopic (exact) mass is 257 g/mol. The van der Waals surface area contributed by atoms with Gasteiger partial charge in [0, 0.05) is 31.5 Å². The van der Waals surface area contributed by atoms with E-state index < -0.39 is 0 Å². The Bertz CT molecular complexity index is 536. The van der Waals surface area contributed by atoms with Crippen molar-refractivity contribution in [2.24, 2.45) is 0 Å². The summed E-state index contributed by atoms with van der Waals surface area (Å²) in [6.07, 6.45) is 5.06. The third-order valence-corrected chi connectivity index (χ3v) is 4.84. The molecule has 2 fully saturated rings. The number of ether oxygens (including phenoxy) is 1. The number of hydrogen-bond donors (Lipinski definition) is 0. The Morgan fingerprint density at radius 2 is 2.11 bits per heavy atom. The summed E-state index contributed by atoms with van der Waals surface area (Å²) >= 11 is 0. The van der Waals surface area contributed by atoms with E-state index in [0.717, 1.165) is 43.7 Å². The van der Waals surface area contributed by atoms with Crippen LogP contribution in [0.3, 0.4) is 0 Å². The van der Waals surface area contributed by atoms with Gasteiger partial charge < -0.3 is 4.74 Å². The van der Waals surface area contributed by atoms with Crippen molar-refractivity contribution >= 4 is 5.78 Å². The van der Waals surface area contributed by atoms with Gasteiger partial charge in [-0.15, -0.1) is 0 Å². The van der Waals surface area contributed by atoms with Crippen LogP contribution in [0.5, 0.6) is 5.75 Å². The number of fused-ring (bicyclic) bond motifs is 3. The Kier molecular flexibility index (Phi) is 2.46. The van der Waals surface area contributed by atoms with Crippen molar-refractivity contribution in [2.45, 2.75) is 37.7 Å². The number of carbonyl (C=O) groups is 1. The van der Waals surface area contributed by atoms with Crippen LogP contribution >= 0.6 is 0 Å². The summed E-state index contributed by atoms with van der Waals surface area (Å²) in [5.74, 6) is 1.16. The Labute approximate surface area is 113 Å². The van der Waals surface area contributed by atoms with Gasteiger partial charge in [0.1, 0.15) is 11.4 Å². The second-order valence-corrected chi connectivity index (χ2v) is 6.16. The van der Waals surface area contributed by atoms with Crippen LogP contribution in [0.1, 0.15) is 41.6 Å². The van der Waals surface area contributed by atoms with Crippen LogP contribution in [0.4, 0.5) is 0 Å². The molecule has 0 radical (unpaired) electrons. The van der Waals surface area contributed by atoms with Crippen molar-refractivity contribution in [3.05, 3.63) is 29.3 Å². The van der Waals surface area contributed by atoms with E-state index in [2.05, 4.69) is 11.0 Å². The number of Topliss-reactive ketones (excluding diaryl/α,β-unsaturated/α-hetero) is 1. The lowest BCUT2D eigenvalue weighted by Gasteiger charge is -2.34. The summed E-state index contributed by atoms with van der Waals surface area (Å²) in [7, 11) is 0. The van der Waals surface area contributed by atoms with E-state index in [1.54, 1.807) is 0 Å². The fraction of sp³-hybridized carbons (Fsp3) is 0.562. The first-order valence-electron chi connectivity index (χ1n) is 7.32. The molecule has 1 unspecified atom stereocenters. The molecule has 2 aliphatic heterocycles. The third-order valence-electron chi connectivity index (χ3n) is 4.84. The van der Waals surface area contributed by atoms with Gasteiger partial charge in [-0.1, -0.05) is 6.07 Å². The molecule has 100 valence electrons.